The summed E-state index contributed by atoms with van der Waals surface area (Å²) in [5.41, 5.74) is 6.57. The third kappa shape index (κ3) is 3.82. The summed E-state index contributed by atoms with van der Waals surface area (Å²) in [5.74, 6) is 0. The third-order valence-electron chi connectivity index (χ3n) is 2.94. The zero-order valence-electron chi connectivity index (χ0n) is 11.0. The number of sulfonamides is 1. The van der Waals surface area contributed by atoms with Crippen molar-refractivity contribution in [3.8, 4) is 0 Å². The molecule has 2 aromatic rings. The molecule has 0 aromatic heterocycles. The van der Waals surface area contributed by atoms with E-state index in [0.29, 0.717) is 10.0 Å². The van der Waals surface area contributed by atoms with Crippen LogP contribution >= 0.6 is 15.9 Å². The van der Waals surface area contributed by atoms with Gasteiger partial charge >= 0.3 is 0 Å². The summed E-state index contributed by atoms with van der Waals surface area (Å²) >= 11 is 3.23. The van der Waals surface area contributed by atoms with Crippen molar-refractivity contribution in [3.63, 3.8) is 0 Å². The Bertz CT molecular complexity index is 720. The van der Waals surface area contributed by atoms with Crippen LogP contribution in [-0.2, 0) is 10.0 Å². The Morgan fingerprint density at radius 3 is 2.43 bits per heavy atom. The molecule has 2 rings (SSSR count). The van der Waals surface area contributed by atoms with Crippen LogP contribution in [0.1, 0.15) is 11.6 Å². The SMILES string of the molecule is Nc1cc(Br)ccc1S(=O)(=O)NC(CO)c1ccccc1. The summed E-state index contributed by atoms with van der Waals surface area (Å²) in [6.07, 6.45) is 0. The molecule has 0 spiro atoms. The molecule has 0 bridgehead atoms. The van der Waals surface area contributed by atoms with Crippen molar-refractivity contribution in [2.45, 2.75) is 10.9 Å². The molecule has 5 nitrogen and oxygen atoms in total. The van der Waals surface area contributed by atoms with Gasteiger partial charge in [-0.15, -0.1) is 0 Å². The van der Waals surface area contributed by atoms with Crippen LogP contribution in [0.4, 0.5) is 5.69 Å². The molecular weight excluding hydrogens is 356 g/mol. The minimum absolute atomic E-state index is 0.0138. The Labute approximate surface area is 132 Å². The molecule has 0 radical (unpaired) electrons. The van der Waals surface area contributed by atoms with Crippen molar-refractivity contribution < 1.29 is 13.5 Å². The third-order valence-corrected chi connectivity index (χ3v) is 4.98. The number of hydrogen-bond acceptors (Lipinski definition) is 4. The van der Waals surface area contributed by atoms with Crippen molar-refractivity contribution in [1.82, 2.24) is 4.72 Å². The van der Waals surface area contributed by atoms with Crippen LogP contribution in [0.2, 0.25) is 0 Å². The van der Waals surface area contributed by atoms with Crippen LogP contribution in [-0.4, -0.2) is 20.1 Å². The Kier molecular flexibility index (Phi) is 5.00. The average Bonchev–Trinajstić information content (AvgIpc) is 2.45. The second-order valence-corrected chi connectivity index (χ2v) is 7.05. The topological polar surface area (TPSA) is 92.4 Å². The van der Waals surface area contributed by atoms with Crippen molar-refractivity contribution in [1.29, 1.82) is 0 Å². The van der Waals surface area contributed by atoms with E-state index in [1.165, 1.54) is 12.1 Å². The second kappa shape index (κ2) is 6.57. The Hall–Kier alpha value is -1.41. The number of nitrogens with one attached hydrogen (secondary N) is 1. The minimum Gasteiger partial charge on any atom is -0.398 e. The van der Waals surface area contributed by atoms with Crippen LogP contribution < -0.4 is 10.5 Å². The fraction of sp³-hybridized carbons (Fsp3) is 0.143. The number of halogens is 1. The molecule has 2 aromatic carbocycles. The van der Waals surface area contributed by atoms with E-state index in [1.54, 1.807) is 30.3 Å². The number of benzene rings is 2. The van der Waals surface area contributed by atoms with E-state index in [2.05, 4.69) is 20.7 Å². The van der Waals surface area contributed by atoms with E-state index in [4.69, 9.17) is 5.73 Å². The summed E-state index contributed by atoms with van der Waals surface area (Å²) in [4.78, 5) is -0.0138. The maximum absolute atomic E-state index is 12.4. The largest absolute Gasteiger partial charge is 0.398 e. The fourth-order valence-corrected chi connectivity index (χ4v) is 3.62. The van der Waals surface area contributed by atoms with E-state index in [1.807, 2.05) is 6.07 Å². The number of aliphatic hydroxyl groups excluding tert-OH is 1. The van der Waals surface area contributed by atoms with Crippen molar-refractivity contribution in [2.75, 3.05) is 12.3 Å². The van der Waals surface area contributed by atoms with Crippen molar-refractivity contribution in [3.05, 3.63) is 58.6 Å². The zero-order valence-corrected chi connectivity index (χ0v) is 13.4. The smallest absolute Gasteiger partial charge is 0.243 e. The first-order valence-corrected chi connectivity index (χ1v) is 8.45. The number of hydrogen-bond donors (Lipinski definition) is 3. The molecule has 0 aliphatic rings. The lowest BCUT2D eigenvalue weighted by molar-refractivity contribution is 0.259. The number of nitrogen functional groups attached to an aromatic ring is 1. The molecule has 0 saturated carbocycles. The molecule has 4 N–H and O–H groups in total. The summed E-state index contributed by atoms with van der Waals surface area (Å²) < 4.78 is 27.9. The lowest BCUT2D eigenvalue weighted by atomic mass is 10.1. The minimum atomic E-state index is -3.82. The van der Waals surface area contributed by atoms with Gasteiger partial charge in [0.1, 0.15) is 4.90 Å². The Morgan fingerprint density at radius 1 is 1.19 bits per heavy atom. The molecule has 112 valence electrons. The highest BCUT2D eigenvalue weighted by molar-refractivity contribution is 9.10. The zero-order chi connectivity index (χ0) is 15.5. The monoisotopic (exact) mass is 370 g/mol. The van der Waals surface area contributed by atoms with Crippen molar-refractivity contribution in [2.24, 2.45) is 0 Å². The number of anilines is 1. The van der Waals surface area contributed by atoms with Gasteiger partial charge in [0.25, 0.3) is 0 Å². The highest BCUT2D eigenvalue weighted by atomic mass is 79.9. The lowest BCUT2D eigenvalue weighted by Crippen LogP contribution is -2.31. The van der Waals surface area contributed by atoms with E-state index in [9.17, 15) is 13.5 Å². The van der Waals surface area contributed by atoms with Gasteiger partial charge in [0.2, 0.25) is 10.0 Å². The maximum atomic E-state index is 12.4. The molecule has 0 amide bonds. The predicted octanol–water partition coefficient (Wildman–Crippen LogP) is 2.04. The molecule has 0 heterocycles. The first-order valence-electron chi connectivity index (χ1n) is 6.17. The van der Waals surface area contributed by atoms with Crippen LogP contribution in [0.3, 0.4) is 0 Å². The van der Waals surface area contributed by atoms with E-state index >= 15 is 0 Å². The Morgan fingerprint density at radius 2 is 1.86 bits per heavy atom. The first-order chi connectivity index (χ1) is 9.94. The van der Waals surface area contributed by atoms with Gasteiger partial charge in [0.15, 0.2) is 0 Å². The van der Waals surface area contributed by atoms with Gasteiger partial charge in [-0.25, -0.2) is 13.1 Å². The van der Waals surface area contributed by atoms with E-state index in [0.717, 1.165) is 0 Å². The normalized spacial score (nSPS) is 13.0. The molecule has 0 saturated heterocycles. The van der Waals surface area contributed by atoms with Crippen LogP contribution in [0.15, 0.2) is 57.9 Å². The predicted molar refractivity (Wildman–Crippen MR) is 85.1 cm³/mol. The molecule has 7 heteroatoms. The number of aliphatic hydroxyl groups is 1. The van der Waals surface area contributed by atoms with Gasteiger partial charge in [0.05, 0.1) is 18.3 Å². The highest BCUT2D eigenvalue weighted by Crippen LogP contribution is 2.24. The van der Waals surface area contributed by atoms with Gasteiger partial charge < -0.3 is 10.8 Å². The van der Waals surface area contributed by atoms with Gasteiger partial charge in [-0.05, 0) is 23.8 Å². The molecule has 1 unspecified atom stereocenters. The Balaban J connectivity index is 2.32. The average molecular weight is 371 g/mol. The van der Waals surface area contributed by atoms with E-state index < -0.39 is 16.1 Å². The van der Waals surface area contributed by atoms with Crippen LogP contribution in [0.5, 0.6) is 0 Å². The van der Waals surface area contributed by atoms with Crippen LogP contribution in [0.25, 0.3) is 0 Å². The lowest BCUT2D eigenvalue weighted by Gasteiger charge is -2.17. The summed E-state index contributed by atoms with van der Waals surface area (Å²) in [6.45, 7) is -0.348. The summed E-state index contributed by atoms with van der Waals surface area (Å²) in [7, 11) is -3.82. The van der Waals surface area contributed by atoms with Gasteiger partial charge in [-0.1, -0.05) is 46.3 Å². The van der Waals surface area contributed by atoms with Crippen molar-refractivity contribution >= 4 is 31.6 Å². The summed E-state index contributed by atoms with van der Waals surface area (Å²) in [6, 6.07) is 12.7. The van der Waals surface area contributed by atoms with Gasteiger partial charge in [0, 0.05) is 4.47 Å². The molecule has 21 heavy (non-hydrogen) atoms. The van der Waals surface area contributed by atoms with Gasteiger partial charge in [-0.2, -0.15) is 0 Å². The number of nitrogens with two attached hydrogens (primary N) is 1. The van der Waals surface area contributed by atoms with E-state index in [-0.39, 0.29) is 17.2 Å². The first kappa shape index (κ1) is 16.0. The molecule has 1 atom stereocenters. The highest BCUT2D eigenvalue weighted by Gasteiger charge is 2.22. The second-order valence-electron chi connectivity index (χ2n) is 4.45. The molecule has 0 aliphatic carbocycles. The molecular formula is C14H15BrN2O3S. The fourth-order valence-electron chi connectivity index (χ4n) is 1.91. The molecule has 0 fully saturated rings. The number of rotatable bonds is 5. The maximum Gasteiger partial charge on any atom is 0.243 e. The quantitative estimate of drug-likeness (QED) is 0.702. The van der Waals surface area contributed by atoms with Gasteiger partial charge in [-0.3, -0.25) is 0 Å². The summed E-state index contributed by atoms with van der Waals surface area (Å²) in [5, 5.41) is 9.44. The standard InChI is InChI=1S/C14H15BrN2O3S/c15-11-6-7-14(12(16)8-11)21(19,20)17-13(9-18)10-4-2-1-3-5-10/h1-8,13,17-18H,9,16H2. The van der Waals surface area contributed by atoms with Crippen LogP contribution in [0, 0.1) is 0 Å². The molecule has 0 aliphatic heterocycles.